The van der Waals surface area contributed by atoms with Crippen molar-refractivity contribution in [3.8, 4) is 0 Å². The van der Waals surface area contributed by atoms with E-state index in [2.05, 4.69) is 23.5 Å². The molecule has 4 heteroatoms. The molecule has 2 heterocycles. The Kier molecular flexibility index (Phi) is 4.50. The van der Waals surface area contributed by atoms with E-state index in [1.54, 1.807) is 0 Å². The Labute approximate surface area is 99.5 Å². The van der Waals surface area contributed by atoms with E-state index >= 15 is 0 Å². The van der Waals surface area contributed by atoms with Crippen LogP contribution in [0.25, 0.3) is 0 Å². The molecule has 2 aliphatic heterocycles. The lowest BCUT2D eigenvalue weighted by Gasteiger charge is -2.27. The second-order valence-corrected chi connectivity index (χ2v) is 8.71. The third-order valence-electron chi connectivity index (χ3n) is 2.04. The largest absolute Gasteiger partial charge is 0.148 e. The number of rotatable bonds is 2. The summed E-state index contributed by atoms with van der Waals surface area (Å²) >= 11 is 7.87. The summed E-state index contributed by atoms with van der Waals surface area (Å²) < 4.78 is 8.83. The van der Waals surface area contributed by atoms with E-state index in [4.69, 9.17) is 1.37 Å². The Bertz CT molecular complexity index is 176. The van der Waals surface area contributed by atoms with Gasteiger partial charge in [0.05, 0.1) is 10.5 Å². The summed E-state index contributed by atoms with van der Waals surface area (Å²) in [5, 5.41) is 0. The fourth-order valence-electron chi connectivity index (χ4n) is 1.38. The summed E-state index contributed by atoms with van der Waals surface area (Å²) in [7, 11) is 0. The fraction of sp³-hybridized carbons (Fsp3) is 1.00. The highest BCUT2D eigenvalue weighted by atomic mass is 32.2. The highest BCUT2D eigenvalue weighted by Crippen LogP contribution is 2.41. The minimum absolute atomic E-state index is 0.222. The van der Waals surface area contributed by atoms with Gasteiger partial charge in [0.15, 0.2) is 0 Å². The Morgan fingerprint density at radius 1 is 0.923 bits per heavy atom. The number of thioether (sulfide) groups is 4. The van der Waals surface area contributed by atoms with E-state index in [9.17, 15) is 0 Å². The van der Waals surface area contributed by atoms with Crippen LogP contribution in [0.5, 0.6) is 0 Å². The first kappa shape index (κ1) is 9.61. The van der Waals surface area contributed by atoms with Crippen molar-refractivity contribution in [3.05, 3.63) is 0 Å². The van der Waals surface area contributed by atoms with Gasteiger partial charge in [-0.1, -0.05) is 0 Å². The molecule has 0 saturated carbocycles. The third kappa shape index (κ3) is 3.80. The predicted molar refractivity (Wildman–Crippen MR) is 71.3 cm³/mol. The predicted octanol–water partition coefficient (Wildman–Crippen LogP) is 3.77. The van der Waals surface area contributed by atoms with Crippen LogP contribution in [0.15, 0.2) is 0 Å². The van der Waals surface area contributed by atoms with Gasteiger partial charge in [0.1, 0.15) is 0 Å². The van der Waals surface area contributed by atoms with Crippen LogP contribution in [0.4, 0.5) is 0 Å². The maximum Gasteiger partial charge on any atom is 0.0533 e. The summed E-state index contributed by atoms with van der Waals surface area (Å²) in [4.78, 5) is 0. The van der Waals surface area contributed by atoms with Gasteiger partial charge in [0, 0.05) is 0 Å². The van der Waals surface area contributed by atoms with Crippen molar-refractivity contribution in [2.75, 3.05) is 23.0 Å². The Morgan fingerprint density at radius 2 is 1.46 bits per heavy atom. The van der Waals surface area contributed by atoms with E-state index < -0.39 is 0 Å². The number of hydrogen-bond donors (Lipinski definition) is 0. The molecule has 0 aromatic rings. The van der Waals surface area contributed by atoms with Crippen LogP contribution in [0.3, 0.4) is 0 Å². The van der Waals surface area contributed by atoms with Crippen molar-refractivity contribution in [3.63, 3.8) is 0 Å². The summed E-state index contributed by atoms with van der Waals surface area (Å²) in [5.41, 5.74) is 0. The zero-order valence-electron chi connectivity index (χ0n) is 8.66. The molecule has 0 amide bonds. The van der Waals surface area contributed by atoms with E-state index in [-0.39, 0.29) is 4.56 Å². The van der Waals surface area contributed by atoms with Gasteiger partial charge in [0.2, 0.25) is 0 Å². The van der Waals surface area contributed by atoms with Gasteiger partial charge in [-0.15, -0.1) is 47.0 Å². The van der Waals surface area contributed by atoms with Crippen LogP contribution in [0.1, 0.15) is 20.6 Å². The molecular formula is C9H16S4. The molecule has 2 fully saturated rings. The standard InChI is InChI=1S/C9H16S4/c1-3-10-8(11-4-1)7-9-12-5-2-6-13-9/h8-9H,1-7H2/i8D. The van der Waals surface area contributed by atoms with E-state index in [1.807, 2.05) is 23.5 Å². The smallest absolute Gasteiger partial charge is 0.0533 e. The van der Waals surface area contributed by atoms with Gasteiger partial charge >= 0.3 is 0 Å². The zero-order valence-corrected chi connectivity index (χ0v) is 10.9. The van der Waals surface area contributed by atoms with Crippen molar-refractivity contribution >= 4 is 47.0 Å². The first-order chi connectivity index (χ1) is 6.79. The third-order valence-corrected chi connectivity index (χ3v) is 7.66. The van der Waals surface area contributed by atoms with Crippen molar-refractivity contribution in [2.45, 2.75) is 28.4 Å². The summed E-state index contributed by atoms with van der Waals surface area (Å²) in [6, 6.07) is 0. The molecule has 0 nitrogen and oxygen atoms in total. The average molecular weight is 254 g/mol. The number of hydrogen-bond acceptors (Lipinski definition) is 4. The quantitative estimate of drug-likeness (QED) is 0.734. The van der Waals surface area contributed by atoms with E-state index in [1.165, 1.54) is 35.9 Å². The Balaban J connectivity index is 1.81. The second-order valence-electron chi connectivity index (χ2n) is 3.15. The van der Waals surface area contributed by atoms with Gasteiger partial charge in [0.25, 0.3) is 0 Å². The van der Waals surface area contributed by atoms with Crippen LogP contribution >= 0.6 is 47.0 Å². The molecule has 2 saturated heterocycles. The maximum absolute atomic E-state index is 8.36. The molecule has 2 rings (SSSR count). The lowest BCUT2D eigenvalue weighted by atomic mass is 10.5. The van der Waals surface area contributed by atoms with Gasteiger partial charge in [-0.05, 0) is 42.3 Å². The van der Waals surface area contributed by atoms with Crippen LogP contribution in [-0.2, 0) is 0 Å². The van der Waals surface area contributed by atoms with Gasteiger partial charge in [-0.25, -0.2) is 0 Å². The van der Waals surface area contributed by atoms with Crippen LogP contribution in [0, 0.1) is 0 Å². The molecule has 0 bridgehead atoms. The highest BCUT2D eigenvalue weighted by Gasteiger charge is 2.22. The van der Waals surface area contributed by atoms with Crippen molar-refractivity contribution in [1.82, 2.24) is 0 Å². The normalized spacial score (nSPS) is 31.2. The van der Waals surface area contributed by atoms with Crippen LogP contribution in [0.2, 0.25) is 0 Å². The Morgan fingerprint density at radius 3 is 2.08 bits per heavy atom. The fourth-order valence-corrected chi connectivity index (χ4v) is 7.28. The van der Waals surface area contributed by atoms with Gasteiger partial charge < -0.3 is 0 Å². The molecular weight excluding hydrogens is 236 g/mol. The molecule has 0 unspecified atom stereocenters. The summed E-state index contributed by atoms with van der Waals surface area (Å²) in [6.45, 7) is 0. The lowest BCUT2D eigenvalue weighted by molar-refractivity contribution is 0.976. The van der Waals surface area contributed by atoms with Crippen LogP contribution in [-0.4, -0.2) is 32.2 Å². The molecule has 13 heavy (non-hydrogen) atoms. The van der Waals surface area contributed by atoms with Crippen molar-refractivity contribution < 1.29 is 1.37 Å². The van der Waals surface area contributed by atoms with Crippen molar-refractivity contribution in [2.24, 2.45) is 0 Å². The SMILES string of the molecule is [2H]C1(CC2SCCCS2)SCCCS1. The molecule has 0 N–H and O–H groups in total. The highest BCUT2D eigenvalue weighted by molar-refractivity contribution is 8.19. The average Bonchev–Trinajstić information content (AvgIpc) is 2.19. The van der Waals surface area contributed by atoms with Gasteiger partial charge in [-0.2, -0.15) is 0 Å². The minimum atomic E-state index is -0.222. The zero-order chi connectivity index (χ0) is 9.86. The monoisotopic (exact) mass is 253 g/mol. The molecule has 0 aromatic carbocycles. The van der Waals surface area contributed by atoms with E-state index in [0.29, 0.717) is 4.58 Å². The molecule has 0 aliphatic carbocycles. The van der Waals surface area contributed by atoms with Crippen LogP contribution < -0.4 is 0 Å². The lowest BCUT2D eigenvalue weighted by Crippen LogP contribution is -2.15. The summed E-state index contributed by atoms with van der Waals surface area (Å²) in [5.74, 6) is 5.00. The molecule has 0 aromatic heterocycles. The molecule has 76 valence electrons. The minimum Gasteiger partial charge on any atom is -0.148 e. The first-order valence-electron chi connectivity index (χ1n) is 5.30. The topological polar surface area (TPSA) is 0 Å². The van der Waals surface area contributed by atoms with Crippen molar-refractivity contribution in [1.29, 1.82) is 0 Å². The molecule has 0 spiro atoms. The molecule has 0 radical (unpaired) electrons. The molecule has 0 atom stereocenters. The Hall–Kier alpha value is 1.40. The van der Waals surface area contributed by atoms with E-state index in [0.717, 1.165) is 6.42 Å². The maximum atomic E-state index is 8.36. The first-order valence-corrected chi connectivity index (χ1v) is 8.86. The van der Waals surface area contributed by atoms with Gasteiger partial charge in [-0.3, -0.25) is 0 Å². The summed E-state index contributed by atoms with van der Waals surface area (Å²) in [6.07, 6.45) is 3.72. The second kappa shape index (κ2) is 6.09. The molecule has 2 aliphatic rings.